The van der Waals surface area contributed by atoms with Crippen LogP contribution < -0.4 is 25.8 Å². The molecule has 1 heterocycles. The number of hydrogen-bond acceptors (Lipinski definition) is 12. The van der Waals surface area contributed by atoms with Crippen LogP contribution in [0.1, 0.15) is 98.7 Å². The monoisotopic (exact) mass is 939 g/mol. The fourth-order valence-corrected chi connectivity index (χ4v) is 9.74. The number of alkyl carbamates (subject to hydrolysis) is 2. The van der Waals surface area contributed by atoms with E-state index in [1.807, 2.05) is 75.4 Å². The minimum Gasteiger partial charge on any atom is -0.487 e. The Labute approximate surface area is 392 Å². The molecule has 0 fully saturated rings. The molecule has 2 atom stereocenters. The summed E-state index contributed by atoms with van der Waals surface area (Å²) in [4.78, 5) is 57.8. The summed E-state index contributed by atoms with van der Waals surface area (Å²) >= 11 is 0. The number of nitrogens with two attached hydrogens (primary N) is 1. The van der Waals surface area contributed by atoms with Gasteiger partial charge in [0.25, 0.3) is 10.0 Å². The lowest BCUT2D eigenvalue weighted by Crippen LogP contribution is -2.49. The van der Waals surface area contributed by atoms with Crippen LogP contribution in [0.5, 0.6) is 5.75 Å². The van der Waals surface area contributed by atoms with Gasteiger partial charge in [-0.25, -0.2) is 32.3 Å². The first-order valence-electron chi connectivity index (χ1n) is 22.3. The third-order valence-corrected chi connectivity index (χ3v) is 13.2. The molecule has 0 radical (unpaired) electrons. The van der Waals surface area contributed by atoms with Crippen molar-refractivity contribution in [2.24, 2.45) is 10.7 Å². The number of carbonyl (C=O) groups is 4. The molecule has 358 valence electrons. The summed E-state index contributed by atoms with van der Waals surface area (Å²) in [5.74, 6) is -1.79. The molecule has 0 saturated heterocycles. The highest BCUT2D eigenvalue weighted by Gasteiger charge is 2.35. The van der Waals surface area contributed by atoms with Gasteiger partial charge < -0.3 is 40.1 Å². The van der Waals surface area contributed by atoms with E-state index >= 15 is 0 Å². The highest BCUT2D eigenvalue weighted by Crippen LogP contribution is 2.45. The second-order valence-electron chi connectivity index (χ2n) is 18.3. The molecule has 1 aliphatic heterocycles. The lowest BCUT2D eigenvalue weighted by molar-refractivity contribution is -0.154. The van der Waals surface area contributed by atoms with Crippen molar-refractivity contribution in [1.82, 2.24) is 15.4 Å². The van der Waals surface area contributed by atoms with Gasteiger partial charge in [0, 0.05) is 12.5 Å². The van der Waals surface area contributed by atoms with Crippen LogP contribution in [0.25, 0.3) is 11.1 Å². The molecule has 4 aromatic carbocycles. The van der Waals surface area contributed by atoms with Crippen molar-refractivity contribution < 1.29 is 51.3 Å². The van der Waals surface area contributed by atoms with E-state index < -0.39 is 58.4 Å². The zero-order valence-electron chi connectivity index (χ0n) is 39.3. The van der Waals surface area contributed by atoms with Crippen LogP contribution in [0.4, 0.5) is 9.59 Å². The topological polar surface area (TPSA) is 223 Å². The number of amides is 2. The molecule has 0 unspecified atom stereocenters. The average Bonchev–Trinajstić information content (AvgIpc) is 3.58. The Hall–Kier alpha value is -6.62. The van der Waals surface area contributed by atoms with E-state index in [0.717, 1.165) is 39.8 Å². The molecule has 0 spiro atoms. The molecule has 67 heavy (non-hydrogen) atoms. The number of esters is 2. The van der Waals surface area contributed by atoms with Gasteiger partial charge in [-0.3, -0.25) is 4.99 Å². The molecule has 17 heteroatoms. The zero-order valence-corrected chi connectivity index (χ0v) is 40.1. The Kier molecular flexibility index (Phi) is 15.5. The molecule has 0 bridgehead atoms. The first-order valence-corrected chi connectivity index (χ1v) is 23.7. The van der Waals surface area contributed by atoms with Crippen molar-refractivity contribution >= 4 is 40.1 Å². The molecule has 5 N–H and O–H groups in total. The van der Waals surface area contributed by atoms with Gasteiger partial charge in [0.2, 0.25) is 5.96 Å². The molecular weight excluding hydrogens is 879 g/mol. The number of benzene rings is 4. The maximum Gasteiger partial charge on any atom is 0.408 e. The van der Waals surface area contributed by atoms with E-state index in [4.69, 9.17) is 29.4 Å². The second kappa shape index (κ2) is 20.9. The van der Waals surface area contributed by atoms with Gasteiger partial charge in [0.05, 0.1) is 4.90 Å². The summed E-state index contributed by atoms with van der Waals surface area (Å²) in [6.45, 7) is 13.4. The summed E-state index contributed by atoms with van der Waals surface area (Å²) in [7, 11) is -4.19. The zero-order chi connectivity index (χ0) is 48.7. The van der Waals surface area contributed by atoms with Crippen LogP contribution >= 0.6 is 0 Å². The Bertz CT molecular complexity index is 2580. The highest BCUT2D eigenvalue weighted by molar-refractivity contribution is 7.90. The van der Waals surface area contributed by atoms with E-state index in [2.05, 4.69) is 20.3 Å². The van der Waals surface area contributed by atoms with Gasteiger partial charge in [-0.1, -0.05) is 78.9 Å². The maximum absolute atomic E-state index is 13.8. The van der Waals surface area contributed by atoms with Crippen molar-refractivity contribution in [1.29, 1.82) is 0 Å². The Morgan fingerprint density at radius 2 is 1.40 bits per heavy atom. The Balaban J connectivity index is 1.15. The molecule has 1 aliphatic carbocycles. The number of guanidine groups is 1. The van der Waals surface area contributed by atoms with Crippen LogP contribution in [0.15, 0.2) is 88.8 Å². The highest BCUT2D eigenvalue weighted by atomic mass is 32.2. The van der Waals surface area contributed by atoms with E-state index in [1.54, 1.807) is 58.9 Å². The summed E-state index contributed by atoms with van der Waals surface area (Å²) in [5, 5.41) is 5.01. The first-order chi connectivity index (χ1) is 31.6. The van der Waals surface area contributed by atoms with E-state index in [0.29, 0.717) is 28.9 Å². The summed E-state index contributed by atoms with van der Waals surface area (Å²) < 4.78 is 58.4. The number of ether oxygens (including phenoxy) is 5. The van der Waals surface area contributed by atoms with Crippen molar-refractivity contribution in [3.8, 4) is 16.9 Å². The molecule has 4 aromatic rings. The minimum absolute atomic E-state index is 0.0363. The molecule has 0 aromatic heterocycles. The summed E-state index contributed by atoms with van der Waals surface area (Å²) in [6.07, 6.45) is -0.467. The molecule has 6 rings (SSSR count). The number of nitrogens with zero attached hydrogens (tertiary/aromatic N) is 1. The van der Waals surface area contributed by atoms with Gasteiger partial charge in [0.1, 0.15) is 42.8 Å². The first kappa shape index (κ1) is 49.8. The molecule has 16 nitrogen and oxygen atoms in total. The van der Waals surface area contributed by atoms with Gasteiger partial charge in [-0.05, 0) is 131 Å². The lowest BCUT2D eigenvalue weighted by atomic mass is 9.88. The quantitative estimate of drug-likeness (QED) is 0.0289. The van der Waals surface area contributed by atoms with Gasteiger partial charge in [-0.2, -0.15) is 0 Å². The predicted octanol–water partition coefficient (Wildman–Crippen LogP) is 7.18. The van der Waals surface area contributed by atoms with Crippen LogP contribution in [-0.2, 0) is 51.6 Å². The van der Waals surface area contributed by atoms with Crippen LogP contribution in [0.2, 0.25) is 0 Å². The predicted molar refractivity (Wildman–Crippen MR) is 252 cm³/mol. The van der Waals surface area contributed by atoms with Crippen molar-refractivity contribution in [3.05, 3.63) is 118 Å². The minimum atomic E-state index is -4.19. The van der Waals surface area contributed by atoms with Crippen molar-refractivity contribution in [2.45, 2.75) is 122 Å². The fourth-order valence-electron chi connectivity index (χ4n) is 8.21. The largest absolute Gasteiger partial charge is 0.487 e. The molecule has 0 saturated carbocycles. The normalized spacial score (nSPS) is 15.1. The smallest absolute Gasteiger partial charge is 0.408 e. The number of nitrogens with one attached hydrogen (secondary N) is 3. The lowest BCUT2D eigenvalue weighted by Gasteiger charge is -2.35. The van der Waals surface area contributed by atoms with Crippen LogP contribution in [0.3, 0.4) is 0 Å². The summed E-state index contributed by atoms with van der Waals surface area (Å²) in [6, 6.07) is 21.7. The van der Waals surface area contributed by atoms with E-state index in [9.17, 15) is 27.6 Å². The van der Waals surface area contributed by atoms with Gasteiger partial charge in [-0.15, -0.1) is 0 Å². The standard InChI is InChI=1S/C50H61N5O11S/c1-30-31(2)43(32(3)34-24-25-50(7,8)65-42(30)34)67(60,61)55-46(51)52-26-16-23-40(53-47(58)64-28-39-37-21-14-12-19-35(37)36-20-13-15-22-38(36)39)44(56)63-29-41(54-48(59)66-49(4,5)6)45(57)62-27-33-17-10-9-11-18-33/h9-15,17-22,39-41H,16,23-29H2,1-8H3,(H,53,58)(H,54,59)(H3,51,52,55)/t40-,41-/m0/s1. The number of aliphatic imine (C=N–C) groups is 1. The van der Waals surface area contributed by atoms with Crippen molar-refractivity contribution in [2.75, 3.05) is 19.8 Å². The number of sulfonamides is 1. The molecule has 2 aliphatic rings. The number of carbonyl (C=O) groups excluding carboxylic acids is 4. The van der Waals surface area contributed by atoms with Crippen molar-refractivity contribution in [3.63, 3.8) is 0 Å². The van der Waals surface area contributed by atoms with E-state index in [1.165, 1.54) is 0 Å². The number of hydrogen-bond donors (Lipinski definition) is 4. The van der Waals surface area contributed by atoms with Gasteiger partial charge >= 0.3 is 24.1 Å². The SMILES string of the molecule is Cc1c(C)c(S(=O)(=O)NC(N)=NCCC[C@H](NC(=O)OCC2c3ccccc3-c3ccccc32)C(=O)OC[C@H](NC(=O)OC(C)(C)C)C(=O)OCc2ccccc2)c(C)c2c1OC(C)(C)CC2. The number of fused-ring (bicyclic) bond motifs is 4. The summed E-state index contributed by atoms with van der Waals surface area (Å²) in [5.41, 5.74) is 12.3. The molecule has 2 amide bonds. The van der Waals surface area contributed by atoms with E-state index in [-0.39, 0.29) is 55.0 Å². The third kappa shape index (κ3) is 12.6. The maximum atomic E-state index is 13.8. The Morgan fingerprint density at radius 3 is 2.04 bits per heavy atom. The Morgan fingerprint density at radius 1 is 0.806 bits per heavy atom. The van der Waals surface area contributed by atoms with Crippen LogP contribution in [0, 0.1) is 20.8 Å². The fraction of sp³-hybridized carbons (Fsp3) is 0.420. The number of rotatable bonds is 16. The second-order valence-corrected chi connectivity index (χ2v) is 20.0. The molecular formula is C50H61N5O11S. The average molecular weight is 940 g/mol. The third-order valence-electron chi connectivity index (χ3n) is 11.6. The van der Waals surface area contributed by atoms with Gasteiger partial charge in [0.15, 0.2) is 6.04 Å². The van der Waals surface area contributed by atoms with Crippen LogP contribution in [-0.4, -0.2) is 81.5 Å².